The fourth-order valence-corrected chi connectivity index (χ4v) is 1.67. The molecule has 0 aromatic rings. The van der Waals surface area contributed by atoms with Gasteiger partial charge in [0.15, 0.2) is 0 Å². The monoisotopic (exact) mass is 233 g/mol. The Hall–Kier alpha value is -0.840. The van der Waals surface area contributed by atoms with E-state index in [4.69, 9.17) is 9.84 Å². The molecule has 0 bridgehead atoms. The first-order chi connectivity index (χ1) is 7.33. The van der Waals surface area contributed by atoms with Crippen molar-refractivity contribution >= 4 is 6.09 Å². The summed E-state index contributed by atoms with van der Waals surface area (Å²) in [4.78, 5) is 13.1. The van der Waals surface area contributed by atoms with Crippen molar-refractivity contribution in [1.29, 1.82) is 0 Å². The van der Waals surface area contributed by atoms with Crippen LogP contribution in [0.5, 0.6) is 0 Å². The van der Waals surface area contributed by atoms with Crippen molar-refractivity contribution in [3.05, 3.63) is 0 Å². The summed E-state index contributed by atoms with van der Waals surface area (Å²) in [6.07, 6.45) is -1.19. The molecular weight excluding hydrogens is 213 g/mol. The van der Waals surface area contributed by atoms with E-state index in [9.17, 15) is 9.18 Å². The molecule has 0 aromatic carbocycles. The zero-order chi connectivity index (χ0) is 12.3. The molecule has 5 heteroatoms. The summed E-state index contributed by atoms with van der Waals surface area (Å²) in [6.45, 7) is 5.71. The molecule has 0 aromatic heterocycles. The van der Waals surface area contributed by atoms with Crippen LogP contribution in [-0.2, 0) is 4.74 Å². The third-order valence-electron chi connectivity index (χ3n) is 2.53. The summed E-state index contributed by atoms with van der Waals surface area (Å²) >= 11 is 0. The van der Waals surface area contributed by atoms with Crippen LogP contribution in [0.3, 0.4) is 0 Å². The Bertz CT molecular complexity index is 252. The van der Waals surface area contributed by atoms with Crippen molar-refractivity contribution < 1.29 is 19.0 Å². The average molecular weight is 233 g/mol. The SMILES string of the molecule is CC(C)(C)OC(=O)N1CC[C@@H](F)[C@@H](CO)C1. The van der Waals surface area contributed by atoms with Crippen LogP contribution in [0.25, 0.3) is 0 Å². The predicted octanol–water partition coefficient (Wildman–Crippen LogP) is 1.57. The van der Waals surface area contributed by atoms with Gasteiger partial charge in [-0.2, -0.15) is 0 Å². The fraction of sp³-hybridized carbons (Fsp3) is 0.909. The van der Waals surface area contributed by atoms with Gasteiger partial charge >= 0.3 is 6.09 Å². The number of carbonyl (C=O) groups excluding carboxylic acids is 1. The molecule has 0 aliphatic carbocycles. The summed E-state index contributed by atoms with van der Waals surface area (Å²) in [6, 6.07) is 0. The predicted molar refractivity (Wildman–Crippen MR) is 57.9 cm³/mol. The highest BCUT2D eigenvalue weighted by Gasteiger charge is 2.32. The second kappa shape index (κ2) is 4.99. The van der Waals surface area contributed by atoms with Crippen LogP contribution in [0, 0.1) is 5.92 Å². The number of alkyl halides is 1. The van der Waals surface area contributed by atoms with Crippen molar-refractivity contribution in [2.45, 2.75) is 39.0 Å². The minimum Gasteiger partial charge on any atom is -0.444 e. The molecule has 1 aliphatic rings. The lowest BCUT2D eigenvalue weighted by atomic mass is 9.97. The van der Waals surface area contributed by atoms with Crippen molar-refractivity contribution in [2.75, 3.05) is 19.7 Å². The van der Waals surface area contributed by atoms with E-state index >= 15 is 0 Å². The van der Waals surface area contributed by atoms with Gasteiger partial charge in [-0.1, -0.05) is 0 Å². The highest BCUT2D eigenvalue weighted by Crippen LogP contribution is 2.21. The molecule has 1 amide bonds. The van der Waals surface area contributed by atoms with E-state index in [1.807, 2.05) is 0 Å². The molecule has 1 aliphatic heterocycles. The number of nitrogens with zero attached hydrogens (tertiary/aromatic N) is 1. The van der Waals surface area contributed by atoms with Gasteiger partial charge < -0.3 is 14.7 Å². The summed E-state index contributed by atoms with van der Waals surface area (Å²) in [5, 5.41) is 8.97. The molecule has 0 unspecified atom stereocenters. The van der Waals surface area contributed by atoms with Crippen LogP contribution in [0.4, 0.5) is 9.18 Å². The Balaban J connectivity index is 2.52. The molecule has 0 saturated carbocycles. The lowest BCUT2D eigenvalue weighted by Gasteiger charge is -2.35. The van der Waals surface area contributed by atoms with Crippen LogP contribution in [0.2, 0.25) is 0 Å². The van der Waals surface area contributed by atoms with Crippen molar-refractivity contribution in [2.24, 2.45) is 5.92 Å². The Morgan fingerprint density at radius 2 is 2.19 bits per heavy atom. The molecule has 1 N–H and O–H groups in total. The maximum absolute atomic E-state index is 13.3. The fourth-order valence-electron chi connectivity index (χ4n) is 1.67. The molecular formula is C11H20FNO3. The number of hydrogen-bond donors (Lipinski definition) is 1. The summed E-state index contributed by atoms with van der Waals surface area (Å²) < 4.78 is 18.5. The van der Waals surface area contributed by atoms with Crippen LogP contribution in [-0.4, -0.2) is 47.6 Å². The van der Waals surface area contributed by atoms with E-state index in [-0.39, 0.29) is 19.6 Å². The number of piperidine rings is 1. The minimum absolute atomic E-state index is 0.229. The number of amides is 1. The van der Waals surface area contributed by atoms with Crippen molar-refractivity contribution in [3.8, 4) is 0 Å². The first-order valence-electron chi connectivity index (χ1n) is 5.56. The van der Waals surface area contributed by atoms with Crippen LogP contribution in [0.15, 0.2) is 0 Å². The summed E-state index contributed by atoms with van der Waals surface area (Å²) in [5.41, 5.74) is -0.543. The molecule has 94 valence electrons. The van der Waals surface area contributed by atoms with Crippen LogP contribution < -0.4 is 0 Å². The van der Waals surface area contributed by atoms with Gasteiger partial charge in [-0.05, 0) is 27.2 Å². The molecule has 1 rings (SSSR count). The number of aliphatic hydroxyl groups excluding tert-OH is 1. The highest BCUT2D eigenvalue weighted by atomic mass is 19.1. The Kier molecular flexibility index (Phi) is 4.13. The lowest BCUT2D eigenvalue weighted by Crippen LogP contribution is -2.47. The second-order valence-corrected chi connectivity index (χ2v) is 5.17. The number of halogens is 1. The molecule has 0 radical (unpaired) electrons. The first-order valence-corrected chi connectivity index (χ1v) is 5.56. The highest BCUT2D eigenvalue weighted by molar-refractivity contribution is 5.68. The third-order valence-corrected chi connectivity index (χ3v) is 2.53. The van der Waals surface area contributed by atoms with E-state index in [1.165, 1.54) is 4.90 Å². The molecule has 1 heterocycles. The Labute approximate surface area is 95.4 Å². The van der Waals surface area contributed by atoms with Gasteiger partial charge in [-0.3, -0.25) is 0 Å². The van der Waals surface area contributed by atoms with Gasteiger partial charge in [0.2, 0.25) is 0 Å². The largest absolute Gasteiger partial charge is 0.444 e. The zero-order valence-corrected chi connectivity index (χ0v) is 10.1. The van der Waals surface area contributed by atoms with Crippen molar-refractivity contribution in [3.63, 3.8) is 0 Å². The maximum Gasteiger partial charge on any atom is 0.410 e. The molecule has 0 spiro atoms. The Morgan fingerprint density at radius 3 is 2.69 bits per heavy atom. The van der Waals surface area contributed by atoms with Gasteiger partial charge in [-0.15, -0.1) is 0 Å². The lowest BCUT2D eigenvalue weighted by molar-refractivity contribution is -0.000695. The normalized spacial score (nSPS) is 26.7. The molecule has 1 fully saturated rings. The zero-order valence-electron chi connectivity index (χ0n) is 10.1. The van der Waals surface area contributed by atoms with E-state index in [1.54, 1.807) is 20.8 Å². The second-order valence-electron chi connectivity index (χ2n) is 5.17. The number of hydrogen-bond acceptors (Lipinski definition) is 3. The molecule has 16 heavy (non-hydrogen) atoms. The first kappa shape index (κ1) is 13.2. The average Bonchev–Trinajstić information content (AvgIpc) is 2.15. The van der Waals surface area contributed by atoms with E-state index in [0.717, 1.165) is 0 Å². The van der Waals surface area contributed by atoms with Gasteiger partial charge in [0.1, 0.15) is 11.8 Å². The molecule has 1 saturated heterocycles. The van der Waals surface area contributed by atoms with Gasteiger partial charge in [0, 0.05) is 19.0 Å². The van der Waals surface area contributed by atoms with Crippen LogP contribution in [0.1, 0.15) is 27.2 Å². The smallest absolute Gasteiger partial charge is 0.410 e. The topological polar surface area (TPSA) is 49.8 Å². The quantitative estimate of drug-likeness (QED) is 0.748. The van der Waals surface area contributed by atoms with Gasteiger partial charge in [0.05, 0.1) is 6.61 Å². The number of likely N-dealkylation sites (tertiary alicyclic amines) is 1. The number of ether oxygens (including phenoxy) is 1. The number of aliphatic hydroxyl groups is 1. The van der Waals surface area contributed by atoms with Crippen molar-refractivity contribution in [1.82, 2.24) is 4.90 Å². The standard InChI is InChI=1S/C11H20FNO3/c1-11(2,3)16-10(15)13-5-4-9(12)8(6-13)7-14/h8-9,14H,4-7H2,1-3H3/t8-,9-/m1/s1. The van der Waals surface area contributed by atoms with E-state index in [2.05, 4.69) is 0 Å². The Morgan fingerprint density at radius 1 is 1.56 bits per heavy atom. The van der Waals surface area contributed by atoms with E-state index < -0.39 is 23.8 Å². The number of rotatable bonds is 1. The summed E-state index contributed by atoms with van der Waals surface area (Å²) in [7, 11) is 0. The van der Waals surface area contributed by atoms with Gasteiger partial charge in [-0.25, -0.2) is 9.18 Å². The minimum atomic E-state index is -1.02. The van der Waals surface area contributed by atoms with Gasteiger partial charge in [0.25, 0.3) is 0 Å². The molecule has 4 nitrogen and oxygen atoms in total. The number of carbonyl (C=O) groups is 1. The molecule has 2 atom stereocenters. The van der Waals surface area contributed by atoms with E-state index in [0.29, 0.717) is 6.54 Å². The van der Waals surface area contributed by atoms with Crippen LogP contribution >= 0.6 is 0 Å². The summed E-state index contributed by atoms with van der Waals surface area (Å²) in [5.74, 6) is -0.485. The maximum atomic E-state index is 13.3. The third kappa shape index (κ3) is 3.63.